The molecule has 0 atom stereocenters. The summed E-state index contributed by atoms with van der Waals surface area (Å²) in [5, 5.41) is 3.91. The predicted octanol–water partition coefficient (Wildman–Crippen LogP) is 4.00. The van der Waals surface area contributed by atoms with Crippen molar-refractivity contribution in [3.05, 3.63) is 64.8 Å². The molecule has 0 saturated carbocycles. The number of nitrogens with zero attached hydrogens (tertiary/aromatic N) is 1. The molecule has 3 rings (SSSR count). The van der Waals surface area contributed by atoms with Crippen molar-refractivity contribution in [2.24, 2.45) is 0 Å². The minimum Gasteiger partial charge on any atom is -0.494 e. The first kappa shape index (κ1) is 16.5. The summed E-state index contributed by atoms with van der Waals surface area (Å²) in [5.74, 6) is 0.547. The summed E-state index contributed by atoms with van der Waals surface area (Å²) in [7, 11) is 0. The van der Waals surface area contributed by atoms with E-state index >= 15 is 0 Å². The van der Waals surface area contributed by atoms with Crippen molar-refractivity contribution in [2.45, 2.75) is 6.92 Å². The molecule has 0 spiro atoms. The molecule has 1 amide bonds. The number of nitrogens with one attached hydrogen (secondary N) is 1. The van der Waals surface area contributed by atoms with E-state index in [0.29, 0.717) is 28.1 Å². The fourth-order valence-corrected chi connectivity index (χ4v) is 2.89. The van der Waals surface area contributed by atoms with Crippen LogP contribution < -0.4 is 15.0 Å². The highest BCUT2D eigenvalue weighted by molar-refractivity contribution is 7.80. The van der Waals surface area contributed by atoms with Crippen LogP contribution in [0.5, 0.6) is 5.75 Å². The van der Waals surface area contributed by atoms with Gasteiger partial charge in [0.25, 0.3) is 5.91 Å². The number of thiocarbonyl (C=S) groups is 1. The molecule has 122 valence electrons. The summed E-state index contributed by atoms with van der Waals surface area (Å²) in [6, 6.07) is 14.5. The number of halogens is 1. The number of ether oxygens (including phenoxy) is 1. The number of benzene rings is 2. The molecule has 0 unspecified atom stereocenters. The maximum atomic E-state index is 12.7. The number of rotatable bonds is 4. The maximum absolute atomic E-state index is 12.7. The summed E-state index contributed by atoms with van der Waals surface area (Å²) in [4.78, 5) is 14.1. The molecule has 1 saturated heterocycles. The molecule has 1 heterocycles. The molecular weight excluding hydrogens is 344 g/mol. The fraction of sp³-hybridized carbons (Fsp3) is 0.111. The predicted molar refractivity (Wildman–Crippen MR) is 100 cm³/mol. The van der Waals surface area contributed by atoms with Crippen molar-refractivity contribution in [1.29, 1.82) is 0 Å². The number of anilines is 1. The minimum absolute atomic E-state index is 0.205. The number of hydrogen-bond acceptors (Lipinski definition) is 3. The Morgan fingerprint density at radius 3 is 2.67 bits per heavy atom. The monoisotopic (exact) mass is 358 g/mol. The SMILES string of the molecule is CCOc1ccc(N2C(=O)/C(=C\c3cccc(Cl)c3)NC2=S)cc1. The van der Waals surface area contributed by atoms with E-state index in [-0.39, 0.29) is 5.91 Å². The molecule has 0 aliphatic carbocycles. The van der Waals surface area contributed by atoms with Gasteiger partial charge in [-0.1, -0.05) is 23.7 Å². The first-order valence-electron chi connectivity index (χ1n) is 7.44. The van der Waals surface area contributed by atoms with E-state index in [9.17, 15) is 4.79 Å². The Morgan fingerprint density at radius 2 is 2.00 bits per heavy atom. The lowest BCUT2D eigenvalue weighted by Crippen LogP contribution is -2.30. The largest absolute Gasteiger partial charge is 0.494 e. The Bertz CT molecular complexity index is 818. The molecule has 0 bridgehead atoms. The third-order valence-electron chi connectivity index (χ3n) is 3.44. The molecule has 1 fully saturated rings. The van der Waals surface area contributed by atoms with Gasteiger partial charge >= 0.3 is 0 Å². The molecule has 1 aliphatic heterocycles. The first-order valence-corrected chi connectivity index (χ1v) is 8.22. The Kier molecular flexibility index (Phi) is 4.83. The summed E-state index contributed by atoms with van der Waals surface area (Å²) in [6.45, 7) is 2.51. The Hall–Kier alpha value is -2.37. The van der Waals surface area contributed by atoms with Crippen LogP contribution in [0.3, 0.4) is 0 Å². The number of hydrogen-bond donors (Lipinski definition) is 1. The van der Waals surface area contributed by atoms with Gasteiger partial charge in [0.2, 0.25) is 0 Å². The summed E-state index contributed by atoms with van der Waals surface area (Å²) in [6.07, 6.45) is 1.73. The number of carbonyl (C=O) groups is 1. The van der Waals surface area contributed by atoms with Crippen molar-refractivity contribution in [3.8, 4) is 5.75 Å². The summed E-state index contributed by atoms with van der Waals surface area (Å²) >= 11 is 11.3. The fourth-order valence-electron chi connectivity index (χ4n) is 2.39. The van der Waals surface area contributed by atoms with Gasteiger partial charge < -0.3 is 10.1 Å². The lowest BCUT2D eigenvalue weighted by molar-refractivity contribution is -0.113. The topological polar surface area (TPSA) is 41.6 Å². The standard InChI is InChI=1S/C18H15ClN2O2S/c1-2-23-15-8-6-14(7-9-15)21-17(22)16(20-18(21)24)11-12-4-3-5-13(19)10-12/h3-11H,2H2,1H3,(H,20,24)/b16-11+. The third kappa shape index (κ3) is 3.42. The second kappa shape index (κ2) is 7.03. The molecule has 6 heteroatoms. The zero-order valence-electron chi connectivity index (χ0n) is 13.0. The Labute approximate surface area is 150 Å². The molecule has 24 heavy (non-hydrogen) atoms. The van der Waals surface area contributed by atoms with Crippen LogP contribution in [-0.2, 0) is 4.79 Å². The van der Waals surface area contributed by atoms with Crippen LogP contribution in [0.1, 0.15) is 12.5 Å². The van der Waals surface area contributed by atoms with E-state index < -0.39 is 0 Å². The van der Waals surface area contributed by atoms with Crippen LogP contribution in [0.15, 0.2) is 54.2 Å². The highest BCUT2D eigenvalue weighted by atomic mass is 35.5. The van der Waals surface area contributed by atoms with E-state index in [0.717, 1.165) is 11.3 Å². The van der Waals surface area contributed by atoms with Crippen molar-refractivity contribution >= 4 is 46.6 Å². The van der Waals surface area contributed by atoms with Gasteiger partial charge in [0.15, 0.2) is 5.11 Å². The second-order valence-corrected chi connectivity index (χ2v) is 5.93. The summed E-state index contributed by atoms with van der Waals surface area (Å²) < 4.78 is 5.41. The zero-order valence-corrected chi connectivity index (χ0v) is 14.5. The molecule has 2 aromatic carbocycles. The highest BCUT2D eigenvalue weighted by Gasteiger charge is 2.31. The van der Waals surface area contributed by atoms with Crippen LogP contribution in [0, 0.1) is 0 Å². The molecule has 0 aromatic heterocycles. The van der Waals surface area contributed by atoms with Crippen LogP contribution in [0.25, 0.3) is 6.08 Å². The quantitative estimate of drug-likeness (QED) is 0.662. The Balaban J connectivity index is 1.86. The van der Waals surface area contributed by atoms with Crippen LogP contribution in [0.2, 0.25) is 5.02 Å². The van der Waals surface area contributed by atoms with Crippen LogP contribution >= 0.6 is 23.8 Å². The molecular formula is C18H15ClN2O2S. The van der Waals surface area contributed by atoms with Gasteiger partial charge in [0.05, 0.1) is 12.3 Å². The van der Waals surface area contributed by atoms with Gasteiger partial charge in [0.1, 0.15) is 11.4 Å². The third-order valence-corrected chi connectivity index (χ3v) is 3.96. The van der Waals surface area contributed by atoms with E-state index in [1.807, 2.05) is 31.2 Å². The maximum Gasteiger partial charge on any atom is 0.281 e. The van der Waals surface area contributed by atoms with Crippen LogP contribution in [-0.4, -0.2) is 17.6 Å². The average Bonchev–Trinajstić information content (AvgIpc) is 2.83. The molecule has 2 aromatic rings. The van der Waals surface area contributed by atoms with E-state index in [4.69, 9.17) is 28.6 Å². The van der Waals surface area contributed by atoms with Crippen molar-refractivity contribution in [3.63, 3.8) is 0 Å². The van der Waals surface area contributed by atoms with E-state index in [1.165, 1.54) is 4.90 Å². The normalized spacial score (nSPS) is 15.8. The highest BCUT2D eigenvalue weighted by Crippen LogP contribution is 2.25. The lowest BCUT2D eigenvalue weighted by atomic mass is 10.2. The number of carbonyl (C=O) groups excluding carboxylic acids is 1. The molecule has 1 aliphatic rings. The second-order valence-electron chi connectivity index (χ2n) is 5.11. The zero-order chi connectivity index (χ0) is 17.1. The van der Waals surface area contributed by atoms with Crippen molar-refractivity contribution < 1.29 is 9.53 Å². The van der Waals surface area contributed by atoms with Crippen molar-refractivity contribution in [1.82, 2.24) is 5.32 Å². The molecule has 0 radical (unpaired) electrons. The smallest absolute Gasteiger partial charge is 0.281 e. The first-order chi connectivity index (χ1) is 11.6. The van der Waals surface area contributed by atoms with E-state index in [2.05, 4.69) is 5.32 Å². The summed E-state index contributed by atoms with van der Waals surface area (Å²) in [5.41, 5.74) is 1.93. The van der Waals surface area contributed by atoms with E-state index in [1.54, 1.807) is 30.3 Å². The van der Waals surface area contributed by atoms with Gasteiger partial charge in [-0.25, -0.2) is 0 Å². The van der Waals surface area contributed by atoms with Gasteiger partial charge in [-0.05, 0) is 67.2 Å². The Morgan fingerprint density at radius 1 is 1.25 bits per heavy atom. The molecule has 1 N–H and O–H groups in total. The minimum atomic E-state index is -0.205. The molecule has 4 nitrogen and oxygen atoms in total. The van der Waals surface area contributed by atoms with Crippen LogP contribution in [0.4, 0.5) is 5.69 Å². The lowest BCUT2D eigenvalue weighted by Gasteiger charge is -2.14. The van der Waals surface area contributed by atoms with Gasteiger partial charge in [0, 0.05) is 5.02 Å². The van der Waals surface area contributed by atoms with Gasteiger partial charge in [-0.3, -0.25) is 9.69 Å². The average molecular weight is 359 g/mol. The number of amides is 1. The van der Waals surface area contributed by atoms with Gasteiger partial charge in [-0.15, -0.1) is 0 Å². The van der Waals surface area contributed by atoms with Crippen molar-refractivity contribution in [2.75, 3.05) is 11.5 Å². The van der Waals surface area contributed by atoms with Gasteiger partial charge in [-0.2, -0.15) is 0 Å².